The first-order chi connectivity index (χ1) is 9.08. The highest BCUT2D eigenvalue weighted by Gasteiger charge is 2.03. The van der Waals surface area contributed by atoms with Crippen LogP contribution in [0.1, 0.15) is 13.9 Å². The summed E-state index contributed by atoms with van der Waals surface area (Å²) in [5.41, 5.74) is 3.04. The summed E-state index contributed by atoms with van der Waals surface area (Å²) in [5.74, 6) is 0.0561. The van der Waals surface area contributed by atoms with Crippen LogP contribution in [0.15, 0.2) is 54.6 Å². The van der Waals surface area contributed by atoms with Crippen molar-refractivity contribution in [3.05, 3.63) is 60.1 Å². The Morgan fingerprint density at radius 3 is 2.44 bits per heavy atom. The zero-order valence-electron chi connectivity index (χ0n) is 11.7. The Morgan fingerprint density at radius 2 is 1.83 bits per heavy atom. The molecule has 0 aliphatic heterocycles. The van der Waals surface area contributed by atoms with Gasteiger partial charge in [0.05, 0.1) is 1.37 Å². The van der Waals surface area contributed by atoms with Crippen molar-refractivity contribution in [2.45, 2.75) is 13.5 Å². The molecule has 2 aromatic rings. The number of benzene rings is 2. The zero-order chi connectivity index (χ0) is 13.8. The van der Waals surface area contributed by atoms with Gasteiger partial charge in [-0.25, -0.2) is 0 Å². The molecule has 0 saturated heterocycles. The van der Waals surface area contributed by atoms with E-state index in [2.05, 4.69) is 0 Å². The molecule has 2 rings (SSSR count). The van der Waals surface area contributed by atoms with Crippen molar-refractivity contribution in [2.24, 2.45) is 0 Å². The van der Waals surface area contributed by atoms with E-state index in [4.69, 9.17) is 1.37 Å². The van der Waals surface area contributed by atoms with Crippen LogP contribution in [-0.4, -0.2) is 17.9 Å². The van der Waals surface area contributed by atoms with E-state index < -0.39 is 0 Å². The maximum atomic E-state index is 11.2. The van der Waals surface area contributed by atoms with Gasteiger partial charge >= 0.3 is 0 Å². The monoisotopic (exact) mass is 240 g/mol. The van der Waals surface area contributed by atoms with Gasteiger partial charge in [-0.15, -0.1) is 0 Å². The zero-order valence-corrected chi connectivity index (χ0v) is 10.7. The van der Waals surface area contributed by atoms with Crippen LogP contribution in [0.4, 0.5) is 0 Å². The third-order valence-electron chi connectivity index (χ3n) is 2.93. The van der Waals surface area contributed by atoms with Crippen LogP contribution in [0.3, 0.4) is 0 Å². The average molecular weight is 240 g/mol. The fourth-order valence-electron chi connectivity index (χ4n) is 1.75. The summed E-state index contributed by atoms with van der Waals surface area (Å²) in [4.78, 5) is 12.9. The van der Waals surface area contributed by atoms with Gasteiger partial charge < -0.3 is 4.90 Å². The summed E-state index contributed by atoms with van der Waals surface area (Å²) in [7, 11) is 1.79. The Balaban J connectivity index is 2.19. The molecule has 0 spiro atoms. The third kappa shape index (κ3) is 2.98. The van der Waals surface area contributed by atoms with Gasteiger partial charge in [0.2, 0.25) is 5.91 Å². The fourth-order valence-corrected chi connectivity index (χ4v) is 1.75. The van der Waals surface area contributed by atoms with Crippen molar-refractivity contribution in [2.75, 3.05) is 7.05 Å². The summed E-state index contributed by atoms with van der Waals surface area (Å²) in [6.07, 6.45) is 0. The Labute approximate surface area is 109 Å². The molecule has 18 heavy (non-hydrogen) atoms. The van der Waals surface area contributed by atoms with Gasteiger partial charge in [-0.1, -0.05) is 54.6 Å². The van der Waals surface area contributed by atoms with Gasteiger partial charge in [-0.05, 0) is 16.7 Å². The Bertz CT molecular complexity index is 578. The van der Waals surface area contributed by atoms with Crippen LogP contribution in [0.25, 0.3) is 11.1 Å². The normalized spacial score (nSPS) is 10.9. The quantitative estimate of drug-likeness (QED) is 0.805. The van der Waals surface area contributed by atoms with Crippen molar-refractivity contribution in [3.63, 3.8) is 0 Å². The molecule has 0 fully saturated rings. The lowest BCUT2D eigenvalue weighted by Gasteiger charge is -2.14. The van der Waals surface area contributed by atoms with E-state index in [0.717, 1.165) is 16.7 Å². The number of carbonyl (C=O) groups is 1. The minimum Gasteiger partial charge on any atom is -0.342 e. The number of carbonyl (C=O) groups excluding carboxylic acids is 1. The standard InChI is InChI=1S/C16H17NO/c1-13(18)17(2)12-14-8-10-16(11-9-14)15-6-4-3-5-7-15/h3-11H,12H2,1-2H3/i6D. The van der Waals surface area contributed by atoms with Crippen LogP contribution in [0.2, 0.25) is 0 Å². The molecule has 0 aliphatic rings. The van der Waals surface area contributed by atoms with Crippen LogP contribution in [-0.2, 0) is 11.3 Å². The summed E-state index contributed by atoms with van der Waals surface area (Å²) >= 11 is 0. The van der Waals surface area contributed by atoms with Crippen LogP contribution in [0.5, 0.6) is 0 Å². The maximum Gasteiger partial charge on any atom is 0.219 e. The van der Waals surface area contributed by atoms with Crippen LogP contribution >= 0.6 is 0 Å². The molecular formula is C16H17NO. The molecule has 0 unspecified atom stereocenters. The van der Waals surface area contributed by atoms with Gasteiger partial charge in [-0.2, -0.15) is 0 Å². The number of hydrogen-bond acceptors (Lipinski definition) is 1. The SMILES string of the molecule is [2H]c1ccccc1-c1ccc(CN(C)C(C)=O)cc1. The second kappa shape index (κ2) is 5.50. The summed E-state index contributed by atoms with van der Waals surface area (Å²) in [5, 5.41) is 0. The van der Waals surface area contributed by atoms with E-state index in [9.17, 15) is 4.79 Å². The van der Waals surface area contributed by atoms with Crippen LogP contribution in [0, 0.1) is 0 Å². The first kappa shape index (κ1) is 11.0. The molecule has 2 aromatic carbocycles. The van der Waals surface area contributed by atoms with Crippen molar-refractivity contribution in [1.29, 1.82) is 0 Å². The molecule has 2 nitrogen and oxygen atoms in total. The fraction of sp³-hybridized carbons (Fsp3) is 0.188. The lowest BCUT2D eigenvalue weighted by atomic mass is 10.0. The van der Waals surface area contributed by atoms with E-state index in [1.165, 1.54) is 0 Å². The molecule has 0 heterocycles. The third-order valence-corrected chi connectivity index (χ3v) is 2.93. The molecule has 0 N–H and O–H groups in total. The lowest BCUT2D eigenvalue weighted by molar-refractivity contribution is -0.128. The van der Waals surface area contributed by atoms with Crippen molar-refractivity contribution in [1.82, 2.24) is 4.90 Å². The summed E-state index contributed by atoms with van der Waals surface area (Å²) < 4.78 is 7.88. The minimum absolute atomic E-state index is 0.0561. The second-order valence-electron chi connectivity index (χ2n) is 4.35. The first-order valence-corrected chi connectivity index (χ1v) is 5.94. The van der Waals surface area contributed by atoms with Gasteiger partial charge in [0.1, 0.15) is 0 Å². The molecule has 0 aliphatic carbocycles. The Kier molecular flexibility index (Phi) is 3.37. The van der Waals surface area contributed by atoms with Gasteiger partial charge in [0, 0.05) is 20.5 Å². The van der Waals surface area contributed by atoms with E-state index in [-0.39, 0.29) is 5.91 Å². The molecule has 0 bridgehead atoms. The summed E-state index contributed by atoms with van der Waals surface area (Å²) in [6, 6.07) is 16.0. The van der Waals surface area contributed by atoms with E-state index in [1.54, 1.807) is 24.9 Å². The highest BCUT2D eigenvalue weighted by molar-refractivity contribution is 5.72. The predicted octanol–water partition coefficient (Wildman–Crippen LogP) is 3.33. The van der Waals surface area contributed by atoms with Gasteiger partial charge in [0.25, 0.3) is 0 Å². The molecule has 1 amide bonds. The molecular weight excluding hydrogens is 222 g/mol. The maximum absolute atomic E-state index is 11.2. The smallest absolute Gasteiger partial charge is 0.219 e. The second-order valence-corrected chi connectivity index (χ2v) is 4.35. The molecule has 2 heteroatoms. The van der Waals surface area contributed by atoms with E-state index in [0.29, 0.717) is 12.6 Å². The number of hydrogen-bond donors (Lipinski definition) is 0. The van der Waals surface area contributed by atoms with E-state index >= 15 is 0 Å². The van der Waals surface area contributed by atoms with Gasteiger partial charge in [0.15, 0.2) is 0 Å². The highest BCUT2D eigenvalue weighted by Crippen LogP contribution is 2.19. The number of rotatable bonds is 3. The molecule has 92 valence electrons. The Morgan fingerprint density at radius 1 is 1.11 bits per heavy atom. The number of nitrogens with zero attached hydrogens (tertiary/aromatic N) is 1. The molecule has 0 atom stereocenters. The first-order valence-electron chi connectivity index (χ1n) is 6.44. The predicted molar refractivity (Wildman–Crippen MR) is 74.0 cm³/mol. The average Bonchev–Trinajstić information content (AvgIpc) is 2.40. The largest absolute Gasteiger partial charge is 0.342 e. The van der Waals surface area contributed by atoms with Crippen molar-refractivity contribution >= 4 is 5.91 Å². The van der Waals surface area contributed by atoms with Crippen molar-refractivity contribution < 1.29 is 6.17 Å². The van der Waals surface area contributed by atoms with E-state index in [1.807, 2.05) is 42.5 Å². The van der Waals surface area contributed by atoms with Gasteiger partial charge in [-0.3, -0.25) is 4.79 Å². The lowest BCUT2D eigenvalue weighted by Crippen LogP contribution is -2.22. The highest BCUT2D eigenvalue weighted by atomic mass is 16.2. The van der Waals surface area contributed by atoms with Crippen molar-refractivity contribution in [3.8, 4) is 11.1 Å². The van der Waals surface area contributed by atoms with Crippen LogP contribution < -0.4 is 0 Å². The Hall–Kier alpha value is -2.09. The molecule has 0 saturated carbocycles. The molecule has 0 radical (unpaired) electrons. The molecule has 0 aromatic heterocycles. The topological polar surface area (TPSA) is 20.3 Å². The number of amides is 1. The minimum atomic E-state index is 0.0561. The summed E-state index contributed by atoms with van der Waals surface area (Å²) in [6.45, 7) is 2.17.